The van der Waals surface area contributed by atoms with Gasteiger partial charge >= 0.3 is 0 Å². The molecule has 0 spiro atoms. The lowest BCUT2D eigenvalue weighted by Crippen LogP contribution is -2.34. The van der Waals surface area contributed by atoms with Crippen LogP contribution < -0.4 is 15.0 Å². The van der Waals surface area contributed by atoms with Crippen molar-refractivity contribution in [3.8, 4) is 5.75 Å². The van der Waals surface area contributed by atoms with E-state index in [1.165, 1.54) is 24.0 Å². The van der Waals surface area contributed by atoms with Gasteiger partial charge in [-0.2, -0.15) is 0 Å². The molecular weight excluding hydrogens is 335 g/mol. The van der Waals surface area contributed by atoms with E-state index in [9.17, 15) is 14.0 Å². The highest BCUT2D eigenvalue weighted by Crippen LogP contribution is 2.29. The fraction of sp³-hybridized carbons (Fsp3) is 0.300. The summed E-state index contributed by atoms with van der Waals surface area (Å²) in [5.41, 5.74) is 2.45. The molecule has 0 atom stereocenters. The van der Waals surface area contributed by atoms with Crippen molar-refractivity contribution in [1.82, 2.24) is 5.32 Å². The molecule has 6 heteroatoms. The van der Waals surface area contributed by atoms with Gasteiger partial charge in [0.1, 0.15) is 11.6 Å². The molecule has 138 valence electrons. The van der Waals surface area contributed by atoms with Crippen LogP contribution >= 0.6 is 0 Å². The van der Waals surface area contributed by atoms with E-state index in [4.69, 9.17) is 4.74 Å². The van der Waals surface area contributed by atoms with Crippen LogP contribution in [0.3, 0.4) is 0 Å². The van der Waals surface area contributed by atoms with E-state index in [1.807, 2.05) is 19.1 Å². The van der Waals surface area contributed by atoms with Crippen LogP contribution in [-0.2, 0) is 16.1 Å². The third kappa shape index (κ3) is 5.31. The molecule has 0 heterocycles. The fourth-order valence-corrected chi connectivity index (χ4v) is 2.56. The number of anilines is 1. The lowest BCUT2D eigenvalue weighted by Gasteiger charge is -2.23. The number of carbonyl (C=O) groups excluding carboxylic acids is 2. The zero-order chi connectivity index (χ0) is 19.1. The standard InChI is InChI=1S/C20H23FN2O3/c1-14-4-9-19(26-3)18(12-14)23(15(2)24)11-10-20(25)22-13-16-5-7-17(21)8-6-16/h4-9,12H,10-11,13H2,1-3H3,(H,22,25). The first-order valence-electron chi connectivity index (χ1n) is 8.34. The molecule has 0 saturated heterocycles. The van der Waals surface area contributed by atoms with Crippen molar-refractivity contribution >= 4 is 17.5 Å². The maximum Gasteiger partial charge on any atom is 0.223 e. The van der Waals surface area contributed by atoms with Gasteiger partial charge in [-0.15, -0.1) is 0 Å². The SMILES string of the molecule is COc1ccc(C)cc1N(CCC(=O)NCc1ccc(F)cc1)C(C)=O. The van der Waals surface area contributed by atoms with Gasteiger partial charge in [-0.25, -0.2) is 4.39 Å². The first-order chi connectivity index (χ1) is 12.4. The Morgan fingerprint density at radius 2 is 1.85 bits per heavy atom. The summed E-state index contributed by atoms with van der Waals surface area (Å²) >= 11 is 0. The highest BCUT2D eigenvalue weighted by molar-refractivity contribution is 5.94. The van der Waals surface area contributed by atoms with Gasteiger partial charge in [0.15, 0.2) is 0 Å². The number of hydrogen-bond donors (Lipinski definition) is 1. The highest BCUT2D eigenvalue weighted by atomic mass is 19.1. The molecule has 2 amide bonds. The molecule has 0 radical (unpaired) electrons. The van der Waals surface area contributed by atoms with Crippen molar-refractivity contribution in [3.05, 3.63) is 59.4 Å². The van der Waals surface area contributed by atoms with E-state index >= 15 is 0 Å². The highest BCUT2D eigenvalue weighted by Gasteiger charge is 2.17. The zero-order valence-corrected chi connectivity index (χ0v) is 15.2. The van der Waals surface area contributed by atoms with Crippen molar-refractivity contribution in [1.29, 1.82) is 0 Å². The summed E-state index contributed by atoms with van der Waals surface area (Å²) in [7, 11) is 1.54. The summed E-state index contributed by atoms with van der Waals surface area (Å²) in [6.45, 7) is 3.94. The second kappa shape index (κ2) is 8.99. The number of nitrogens with one attached hydrogen (secondary N) is 1. The Hall–Kier alpha value is -2.89. The third-order valence-corrected chi connectivity index (χ3v) is 3.97. The number of methoxy groups -OCH3 is 1. The Kier molecular flexibility index (Phi) is 6.72. The number of hydrogen-bond acceptors (Lipinski definition) is 3. The van der Waals surface area contributed by atoms with E-state index in [1.54, 1.807) is 25.3 Å². The van der Waals surface area contributed by atoms with Gasteiger partial charge in [-0.1, -0.05) is 18.2 Å². The van der Waals surface area contributed by atoms with Gasteiger partial charge < -0.3 is 15.0 Å². The molecule has 0 aliphatic heterocycles. The number of rotatable bonds is 7. The predicted octanol–water partition coefficient (Wildman–Crippen LogP) is 3.20. The van der Waals surface area contributed by atoms with Gasteiger partial charge in [0.2, 0.25) is 11.8 Å². The van der Waals surface area contributed by atoms with Crippen LogP contribution in [0.1, 0.15) is 24.5 Å². The molecule has 0 fully saturated rings. The number of ether oxygens (including phenoxy) is 1. The van der Waals surface area contributed by atoms with Crippen LogP contribution in [-0.4, -0.2) is 25.5 Å². The van der Waals surface area contributed by atoms with E-state index in [2.05, 4.69) is 5.32 Å². The summed E-state index contributed by atoms with van der Waals surface area (Å²) in [6.07, 6.45) is 0.151. The van der Waals surface area contributed by atoms with Crippen molar-refractivity contribution in [2.75, 3.05) is 18.6 Å². The molecule has 2 aromatic carbocycles. The Labute approximate surface area is 152 Å². The molecule has 26 heavy (non-hydrogen) atoms. The van der Waals surface area contributed by atoms with Crippen LogP contribution in [0.2, 0.25) is 0 Å². The molecule has 0 saturated carbocycles. The lowest BCUT2D eigenvalue weighted by atomic mass is 10.1. The number of halogens is 1. The van der Waals surface area contributed by atoms with Crippen LogP contribution in [0.4, 0.5) is 10.1 Å². The molecule has 1 N–H and O–H groups in total. The van der Waals surface area contributed by atoms with Crippen molar-refractivity contribution < 1.29 is 18.7 Å². The minimum absolute atomic E-state index is 0.151. The average Bonchev–Trinajstić information content (AvgIpc) is 2.61. The monoisotopic (exact) mass is 358 g/mol. The second-order valence-electron chi connectivity index (χ2n) is 6.00. The minimum Gasteiger partial charge on any atom is -0.495 e. The Morgan fingerprint density at radius 1 is 1.15 bits per heavy atom. The van der Waals surface area contributed by atoms with E-state index in [0.29, 0.717) is 18.0 Å². The van der Waals surface area contributed by atoms with Gasteiger partial charge in [0.05, 0.1) is 12.8 Å². The van der Waals surface area contributed by atoms with Crippen LogP contribution in [0.5, 0.6) is 5.75 Å². The largest absolute Gasteiger partial charge is 0.495 e. The van der Waals surface area contributed by atoms with Crippen molar-refractivity contribution in [2.45, 2.75) is 26.8 Å². The van der Waals surface area contributed by atoms with Crippen LogP contribution in [0.25, 0.3) is 0 Å². The molecular formula is C20H23FN2O3. The number of carbonyl (C=O) groups is 2. The Morgan fingerprint density at radius 3 is 2.46 bits per heavy atom. The smallest absolute Gasteiger partial charge is 0.223 e. The van der Waals surface area contributed by atoms with Gasteiger partial charge in [-0.3, -0.25) is 9.59 Å². The second-order valence-corrected chi connectivity index (χ2v) is 6.00. The Balaban J connectivity index is 1.98. The molecule has 0 unspecified atom stereocenters. The van der Waals surface area contributed by atoms with E-state index in [-0.39, 0.29) is 30.6 Å². The first kappa shape index (κ1) is 19.4. The zero-order valence-electron chi connectivity index (χ0n) is 15.2. The number of amides is 2. The minimum atomic E-state index is -0.315. The number of benzene rings is 2. The molecule has 2 rings (SSSR count). The molecule has 0 aliphatic rings. The molecule has 0 aliphatic carbocycles. The van der Waals surface area contributed by atoms with Crippen LogP contribution in [0.15, 0.2) is 42.5 Å². The van der Waals surface area contributed by atoms with Crippen molar-refractivity contribution in [2.24, 2.45) is 0 Å². The summed E-state index contributed by atoms with van der Waals surface area (Å²) < 4.78 is 18.2. The van der Waals surface area contributed by atoms with E-state index in [0.717, 1.165) is 11.1 Å². The third-order valence-electron chi connectivity index (χ3n) is 3.97. The number of aryl methyl sites for hydroxylation is 1. The molecule has 5 nitrogen and oxygen atoms in total. The van der Waals surface area contributed by atoms with Gasteiger partial charge in [-0.05, 0) is 42.3 Å². The molecule has 2 aromatic rings. The maximum atomic E-state index is 12.9. The fourth-order valence-electron chi connectivity index (χ4n) is 2.56. The molecule has 0 bridgehead atoms. The normalized spacial score (nSPS) is 10.3. The van der Waals surface area contributed by atoms with Crippen molar-refractivity contribution in [3.63, 3.8) is 0 Å². The van der Waals surface area contributed by atoms with E-state index < -0.39 is 0 Å². The first-order valence-corrected chi connectivity index (χ1v) is 8.34. The van der Waals surface area contributed by atoms with Crippen LogP contribution in [0, 0.1) is 12.7 Å². The summed E-state index contributed by atoms with van der Waals surface area (Å²) in [4.78, 5) is 25.7. The van der Waals surface area contributed by atoms with Gasteiger partial charge in [0, 0.05) is 26.4 Å². The predicted molar refractivity (Wildman–Crippen MR) is 98.6 cm³/mol. The Bertz CT molecular complexity index is 775. The summed E-state index contributed by atoms with van der Waals surface area (Å²) in [5, 5.41) is 2.77. The average molecular weight is 358 g/mol. The topological polar surface area (TPSA) is 58.6 Å². The molecule has 0 aromatic heterocycles. The summed E-state index contributed by atoms with van der Waals surface area (Å²) in [5.74, 6) is -0.0887. The van der Waals surface area contributed by atoms with Gasteiger partial charge in [0.25, 0.3) is 0 Å². The quantitative estimate of drug-likeness (QED) is 0.827. The lowest BCUT2D eigenvalue weighted by molar-refractivity contribution is -0.121. The summed E-state index contributed by atoms with van der Waals surface area (Å²) in [6, 6.07) is 11.5. The maximum absolute atomic E-state index is 12.9. The number of nitrogens with zero attached hydrogens (tertiary/aromatic N) is 1.